The van der Waals surface area contributed by atoms with Gasteiger partial charge in [0.25, 0.3) is 0 Å². The highest BCUT2D eigenvalue weighted by Gasteiger charge is 2.22. The van der Waals surface area contributed by atoms with Gasteiger partial charge in [-0.15, -0.1) is 0 Å². The van der Waals surface area contributed by atoms with E-state index < -0.39 is 0 Å². The van der Waals surface area contributed by atoms with Crippen LogP contribution in [0, 0.1) is 5.92 Å². The van der Waals surface area contributed by atoms with Gasteiger partial charge < -0.3 is 9.94 Å². The van der Waals surface area contributed by atoms with Crippen molar-refractivity contribution in [3.05, 3.63) is 28.8 Å². The van der Waals surface area contributed by atoms with Gasteiger partial charge in [-0.2, -0.15) is 0 Å². The molecular weight excluding hydrogens is 214 g/mol. The minimum atomic E-state index is 0.348. The van der Waals surface area contributed by atoms with Gasteiger partial charge in [0.15, 0.2) is 0 Å². The fourth-order valence-corrected chi connectivity index (χ4v) is 1.67. The Morgan fingerprint density at radius 2 is 2.27 bits per heavy atom. The SMILES string of the molecule is ONCc1cccc(Cl)c1OCC1CC1. The molecule has 0 atom stereocenters. The third-order valence-electron chi connectivity index (χ3n) is 2.48. The molecule has 1 aliphatic carbocycles. The lowest BCUT2D eigenvalue weighted by atomic mass is 10.2. The number of hydrogen-bond acceptors (Lipinski definition) is 3. The van der Waals surface area contributed by atoms with Gasteiger partial charge >= 0.3 is 0 Å². The molecule has 15 heavy (non-hydrogen) atoms. The molecule has 0 spiro atoms. The number of rotatable bonds is 5. The van der Waals surface area contributed by atoms with E-state index in [0.29, 0.717) is 23.2 Å². The third kappa shape index (κ3) is 2.84. The van der Waals surface area contributed by atoms with Crippen LogP contribution in [-0.2, 0) is 6.54 Å². The van der Waals surface area contributed by atoms with E-state index >= 15 is 0 Å². The van der Waals surface area contributed by atoms with Gasteiger partial charge in [-0.25, -0.2) is 5.48 Å². The maximum atomic E-state index is 8.68. The van der Waals surface area contributed by atoms with Crippen molar-refractivity contribution in [1.82, 2.24) is 5.48 Å². The fourth-order valence-electron chi connectivity index (χ4n) is 1.43. The molecule has 1 fully saturated rings. The summed E-state index contributed by atoms with van der Waals surface area (Å²) >= 11 is 6.03. The molecule has 0 unspecified atom stereocenters. The van der Waals surface area contributed by atoms with Crippen LogP contribution in [0.15, 0.2) is 18.2 Å². The van der Waals surface area contributed by atoms with E-state index in [9.17, 15) is 0 Å². The number of nitrogens with one attached hydrogen (secondary N) is 1. The number of halogens is 1. The number of ether oxygens (including phenoxy) is 1. The Bertz CT molecular complexity index is 339. The third-order valence-corrected chi connectivity index (χ3v) is 2.78. The first-order valence-corrected chi connectivity index (χ1v) is 5.46. The van der Waals surface area contributed by atoms with Crippen LogP contribution in [-0.4, -0.2) is 11.8 Å². The summed E-state index contributed by atoms with van der Waals surface area (Å²) in [5.74, 6) is 1.38. The lowest BCUT2D eigenvalue weighted by Gasteiger charge is -2.12. The first-order valence-electron chi connectivity index (χ1n) is 5.08. The largest absolute Gasteiger partial charge is 0.491 e. The first-order chi connectivity index (χ1) is 7.31. The summed E-state index contributed by atoms with van der Waals surface area (Å²) in [5.41, 5.74) is 3.00. The maximum Gasteiger partial charge on any atom is 0.142 e. The van der Waals surface area contributed by atoms with E-state index in [0.717, 1.165) is 12.2 Å². The van der Waals surface area contributed by atoms with Crippen LogP contribution in [0.5, 0.6) is 5.75 Å². The van der Waals surface area contributed by atoms with Gasteiger partial charge in [-0.05, 0) is 24.8 Å². The van der Waals surface area contributed by atoms with Crippen LogP contribution >= 0.6 is 11.6 Å². The summed E-state index contributed by atoms with van der Waals surface area (Å²) in [6.07, 6.45) is 2.50. The van der Waals surface area contributed by atoms with Crippen molar-refractivity contribution in [2.75, 3.05) is 6.61 Å². The van der Waals surface area contributed by atoms with E-state index in [1.54, 1.807) is 6.07 Å². The van der Waals surface area contributed by atoms with Crippen molar-refractivity contribution in [3.8, 4) is 5.75 Å². The minimum absolute atomic E-state index is 0.348. The maximum absolute atomic E-state index is 8.68. The molecule has 82 valence electrons. The Morgan fingerprint density at radius 1 is 1.47 bits per heavy atom. The molecule has 0 amide bonds. The second-order valence-electron chi connectivity index (χ2n) is 3.82. The smallest absolute Gasteiger partial charge is 0.142 e. The Labute approximate surface area is 94.0 Å². The summed E-state index contributed by atoms with van der Waals surface area (Å²) < 4.78 is 5.66. The van der Waals surface area contributed by atoms with Gasteiger partial charge in [0, 0.05) is 12.1 Å². The summed E-state index contributed by atoms with van der Waals surface area (Å²) in [5, 5.41) is 9.28. The molecule has 2 rings (SSSR count). The molecule has 1 saturated carbocycles. The molecule has 0 aliphatic heterocycles. The van der Waals surface area contributed by atoms with Crippen molar-refractivity contribution in [3.63, 3.8) is 0 Å². The van der Waals surface area contributed by atoms with E-state index in [2.05, 4.69) is 5.48 Å². The van der Waals surface area contributed by atoms with Crippen LogP contribution in [0.1, 0.15) is 18.4 Å². The van der Waals surface area contributed by atoms with Crippen molar-refractivity contribution in [2.24, 2.45) is 5.92 Å². The predicted octanol–water partition coefficient (Wildman–Crippen LogP) is 2.61. The predicted molar refractivity (Wildman–Crippen MR) is 58.3 cm³/mol. The van der Waals surface area contributed by atoms with Gasteiger partial charge in [-0.1, -0.05) is 23.7 Å². The second-order valence-corrected chi connectivity index (χ2v) is 4.22. The van der Waals surface area contributed by atoms with Crippen molar-refractivity contribution in [1.29, 1.82) is 0 Å². The summed E-state index contributed by atoms with van der Waals surface area (Å²) in [4.78, 5) is 0. The topological polar surface area (TPSA) is 41.5 Å². The lowest BCUT2D eigenvalue weighted by molar-refractivity contribution is 0.159. The van der Waals surface area contributed by atoms with Gasteiger partial charge in [0.05, 0.1) is 11.6 Å². The Hall–Kier alpha value is -0.770. The molecule has 1 aromatic carbocycles. The zero-order chi connectivity index (χ0) is 10.7. The Morgan fingerprint density at radius 3 is 2.93 bits per heavy atom. The quantitative estimate of drug-likeness (QED) is 0.760. The standard InChI is InChI=1S/C11H14ClNO2/c12-10-3-1-2-9(6-13-14)11(10)15-7-8-4-5-8/h1-3,8,13-14H,4-7H2. The highest BCUT2D eigenvalue weighted by molar-refractivity contribution is 6.32. The molecule has 0 saturated heterocycles. The van der Waals surface area contributed by atoms with E-state index in [1.807, 2.05) is 12.1 Å². The van der Waals surface area contributed by atoms with Crippen LogP contribution in [0.4, 0.5) is 0 Å². The van der Waals surface area contributed by atoms with Crippen molar-refractivity contribution in [2.45, 2.75) is 19.4 Å². The Kier molecular flexibility index (Phi) is 3.46. The second kappa shape index (κ2) is 4.84. The number of benzene rings is 1. The average molecular weight is 228 g/mol. The summed E-state index contributed by atoms with van der Waals surface area (Å²) in [6, 6.07) is 5.53. The van der Waals surface area contributed by atoms with Crippen LogP contribution in [0.25, 0.3) is 0 Å². The number of hydrogen-bond donors (Lipinski definition) is 2. The number of para-hydroxylation sites is 1. The Balaban J connectivity index is 2.09. The molecule has 1 aliphatic rings. The summed E-state index contributed by atoms with van der Waals surface area (Å²) in [7, 11) is 0. The first kappa shape index (κ1) is 10.7. The molecule has 3 nitrogen and oxygen atoms in total. The lowest BCUT2D eigenvalue weighted by Crippen LogP contribution is -2.09. The molecule has 1 aromatic rings. The van der Waals surface area contributed by atoms with E-state index in [4.69, 9.17) is 21.5 Å². The molecule has 0 aromatic heterocycles. The molecule has 2 N–H and O–H groups in total. The zero-order valence-corrected chi connectivity index (χ0v) is 9.13. The van der Waals surface area contributed by atoms with Crippen LogP contribution in [0.3, 0.4) is 0 Å². The highest BCUT2D eigenvalue weighted by atomic mass is 35.5. The van der Waals surface area contributed by atoms with E-state index in [-0.39, 0.29) is 0 Å². The highest BCUT2D eigenvalue weighted by Crippen LogP contribution is 2.33. The zero-order valence-electron chi connectivity index (χ0n) is 8.37. The van der Waals surface area contributed by atoms with Gasteiger partial charge in [-0.3, -0.25) is 0 Å². The fraction of sp³-hybridized carbons (Fsp3) is 0.455. The average Bonchev–Trinajstić information content (AvgIpc) is 3.01. The summed E-state index contributed by atoms with van der Waals surface area (Å²) in [6.45, 7) is 1.07. The van der Waals surface area contributed by atoms with Crippen LogP contribution in [0.2, 0.25) is 5.02 Å². The molecule has 4 heteroatoms. The van der Waals surface area contributed by atoms with E-state index in [1.165, 1.54) is 12.8 Å². The molecular formula is C11H14ClNO2. The van der Waals surface area contributed by atoms with Gasteiger partial charge in [0.2, 0.25) is 0 Å². The minimum Gasteiger partial charge on any atom is -0.491 e. The van der Waals surface area contributed by atoms with Crippen LogP contribution < -0.4 is 10.2 Å². The van der Waals surface area contributed by atoms with Gasteiger partial charge in [0.1, 0.15) is 5.75 Å². The molecule has 0 radical (unpaired) electrons. The molecule has 0 heterocycles. The monoisotopic (exact) mass is 227 g/mol. The number of hydroxylamine groups is 1. The van der Waals surface area contributed by atoms with Crippen molar-refractivity contribution >= 4 is 11.6 Å². The normalized spacial score (nSPS) is 15.3. The molecule has 0 bridgehead atoms. The van der Waals surface area contributed by atoms with Crippen molar-refractivity contribution < 1.29 is 9.94 Å².